The average molecular weight is 303 g/mol. The van der Waals surface area contributed by atoms with E-state index in [4.69, 9.17) is 5.73 Å². The number of amides is 1. The predicted octanol–water partition coefficient (Wildman–Crippen LogP) is 0.601. The Labute approximate surface area is 117 Å². The van der Waals surface area contributed by atoms with Crippen LogP contribution in [0.25, 0.3) is 0 Å². The van der Waals surface area contributed by atoms with Crippen LogP contribution in [0.15, 0.2) is 23.1 Å². The molecule has 20 heavy (non-hydrogen) atoms. The third kappa shape index (κ3) is 4.46. The van der Waals surface area contributed by atoms with Crippen molar-refractivity contribution in [2.45, 2.75) is 31.2 Å². The van der Waals surface area contributed by atoms with Crippen LogP contribution in [0.1, 0.15) is 20.8 Å². The molecule has 1 aromatic carbocycles. The Balaban J connectivity index is 2.84. The predicted molar refractivity (Wildman–Crippen MR) is 73.9 cm³/mol. The molecule has 0 radical (unpaired) electrons. The summed E-state index contributed by atoms with van der Waals surface area (Å²) in [7, 11) is -4.18. The van der Waals surface area contributed by atoms with E-state index < -0.39 is 38.7 Å². The van der Waals surface area contributed by atoms with Gasteiger partial charge in [0.05, 0.1) is 12.2 Å². The molecule has 0 aromatic heterocycles. The number of nitrogen functional groups attached to an aromatic ring is 1. The molecule has 1 rings (SSSR count). The van der Waals surface area contributed by atoms with Gasteiger partial charge in [0.25, 0.3) is 0 Å². The molecule has 0 heterocycles. The van der Waals surface area contributed by atoms with Gasteiger partial charge in [-0.3, -0.25) is 4.79 Å². The van der Waals surface area contributed by atoms with Crippen molar-refractivity contribution in [3.05, 3.63) is 24.0 Å². The highest BCUT2D eigenvalue weighted by atomic mass is 32.2. The summed E-state index contributed by atoms with van der Waals surface area (Å²) in [4.78, 5) is 10.9. The van der Waals surface area contributed by atoms with Gasteiger partial charge in [-0.05, 0) is 32.9 Å². The van der Waals surface area contributed by atoms with Crippen LogP contribution in [0.5, 0.6) is 0 Å². The summed E-state index contributed by atoms with van der Waals surface area (Å²) in [5.41, 5.74) is 4.76. The maximum absolute atomic E-state index is 13.5. The van der Waals surface area contributed by atoms with Crippen molar-refractivity contribution in [3.63, 3.8) is 0 Å². The van der Waals surface area contributed by atoms with Crippen LogP contribution in [0.4, 0.5) is 10.1 Å². The molecule has 1 aromatic rings. The van der Waals surface area contributed by atoms with E-state index in [-0.39, 0.29) is 5.69 Å². The fraction of sp³-hybridized carbons (Fsp3) is 0.417. The Kier molecular flexibility index (Phi) is 4.72. The monoisotopic (exact) mass is 303 g/mol. The summed E-state index contributed by atoms with van der Waals surface area (Å²) >= 11 is 0. The third-order valence-electron chi connectivity index (χ3n) is 2.20. The summed E-state index contributed by atoms with van der Waals surface area (Å²) in [6.07, 6.45) is 0. The summed E-state index contributed by atoms with van der Waals surface area (Å²) in [6, 6.07) is 3.56. The Morgan fingerprint density at radius 1 is 1.35 bits per heavy atom. The Hall–Kier alpha value is -1.67. The van der Waals surface area contributed by atoms with Crippen LogP contribution in [-0.4, -0.2) is 26.4 Å². The van der Waals surface area contributed by atoms with Crippen molar-refractivity contribution in [1.82, 2.24) is 10.0 Å². The SMILES string of the molecule is CC(C)(C)NC(=O)CNS(=O)(=O)c1c(N)cccc1F. The maximum Gasteiger partial charge on any atom is 0.246 e. The van der Waals surface area contributed by atoms with Crippen molar-refractivity contribution >= 4 is 21.6 Å². The zero-order valence-corrected chi connectivity index (χ0v) is 12.3. The lowest BCUT2D eigenvalue weighted by Crippen LogP contribution is -2.45. The van der Waals surface area contributed by atoms with Crippen LogP contribution in [-0.2, 0) is 14.8 Å². The van der Waals surface area contributed by atoms with Crippen molar-refractivity contribution < 1.29 is 17.6 Å². The second-order valence-corrected chi connectivity index (χ2v) is 6.98. The minimum atomic E-state index is -4.18. The first kappa shape index (κ1) is 16.4. The molecule has 0 aliphatic heterocycles. The van der Waals surface area contributed by atoms with Crippen LogP contribution < -0.4 is 15.8 Å². The van der Waals surface area contributed by atoms with Gasteiger partial charge in [-0.2, -0.15) is 0 Å². The second-order valence-electron chi connectivity index (χ2n) is 5.28. The summed E-state index contributed by atoms with van der Waals surface area (Å²) in [5.74, 6) is -1.48. The van der Waals surface area contributed by atoms with Gasteiger partial charge in [0.15, 0.2) is 0 Å². The Morgan fingerprint density at radius 3 is 2.45 bits per heavy atom. The lowest BCUT2D eigenvalue weighted by molar-refractivity contribution is -0.121. The molecule has 0 aliphatic carbocycles. The molecule has 0 atom stereocenters. The van der Waals surface area contributed by atoms with E-state index in [1.807, 2.05) is 4.72 Å². The van der Waals surface area contributed by atoms with Crippen molar-refractivity contribution in [2.24, 2.45) is 0 Å². The molecule has 0 aliphatic rings. The number of anilines is 1. The summed E-state index contributed by atoms with van der Waals surface area (Å²) in [6.45, 7) is 4.78. The number of benzene rings is 1. The van der Waals surface area contributed by atoms with Crippen molar-refractivity contribution in [3.8, 4) is 0 Å². The number of hydrogen-bond donors (Lipinski definition) is 3. The summed E-state index contributed by atoms with van der Waals surface area (Å²) < 4.78 is 39.4. The number of rotatable bonds is 4. The van der Waals surface area contributed by atoms with E-state index in [2.05, 4.69) is 5.32 Å². The van der Waals surface area contributed by atoms with Crippen LogP contribution in [0, 0.1) is 5.82 Å². The smallest absolute Gasteiger partial charge is 0.246 e. The Bertz CT molecular complexity index is 589. The van der Waals surface area contributed by atoms with E-state index >= 15 is 0 Å². The standard InChI is InChI=1S/C12H18FN3O3S/c1-12(2,3)16-10(17)7-15-20(18,19)11-8(13)5-4-6-9(11)14/h4-6,15H,7,14H2,1-3H3,(H,16,17). The molecule has 0 fully saturated rings. The largest absolute Gasteiger partial charge is 0.398 e. The van der Waals surface area contributed by atoms with Crippen molar-refractivity contribution in [2.75, 3.05) is 12.3 Å². The van der Waals surface area contributed by atoms with Gasteiger partial charge in [-0.15, -0.1) is 0 Å². The van der Waals surface area contributed by atoms with E-state index in [1.54, 1.807) is 20.8 Å². The summed E-state index contributed by atoms with van der Waals surface area (Å²) in [5, 5.41) is 2.58. The topological polar surface area (TPSA) is 101 Å². The van der Waals surface area contributed by atoms with E-state index in [1.165, 1.54) is 12.1 Å². The van der Waals surface area contributed by atoms with Crippen LogP contribution in [0.3, 0.4) is 0 Å². The normalized spacial score (nSPS) is 12.2. The van der Waals surface area contributed by atoms with Gasteiger partial charge >= 0.3 is 0 Å². The minimum Gasteiger partial charge on any atom is -0.398 e. The highest BCUT2D eigenvalue weighted by Gasteiger charge is 2.23. The highest BCUT2D eigenvalue weighted by Crippen LogP contribution is 2.20. The maximum atomic E-state index is 13.5. The Morgan fingerprint density at radius 2 is 1.95 bits per heavy atom. The molecule has 6 nitrogen and oxygen atoms in total. The fourth-order valence-electron chi connectivity index (χ4n) is 1.50. The highest BCUT2D eigenvalue weighted by molar-refractivity contribution is 7.89. The van der Waals surface area contributed by atoms with E-state index in [0.29, 0.717) is 0 Å². The molecule has 4 N–H and O–H groups in total. The first-order valence-corrected chi connectivity index (χ1v) is 7.36. The second kappa shape index (κ2) is 5.76. The number of nitrogens with one attached hydrogen (secondary N) is 2. The molecular formula is C12H18FN3O3S. The molecule has 8 heteroatoms. The van der Waals surface area contributed by atoms with Gasteiger partial charge in [-0.1, -0.05) is 6.07 Å². The van der Waals surface area contributed by atoms with Gasteiger partial charge < -0.3 is 11.1 Å². The first-order chi connectivity index (χ1) is 9.03. The number of nitrogens with two attached hydrogens (primary N) is 1. The van der Waals surface area contributed by atoms with E-state index in [9.17, 15) is 17.6 Å². The molecular weight excluding hydrogens is 285 g/mol. The number of sulfonamides is 1. The fourth-order valence-corrected chi connectivity index (χ4v) is 2.67. The van der Waals surface area contributed by atoms with Gasteiger partial charge in [-0.25, -0.2) is 17.5 Å². The van der Waals surface area contributed by atoms with Gasteiger partial charge in [0.1, 0.15) is 10.7 Å². The van der Waals surface area contributed by atoms with Crippen LogP contribution >= 0.6 is 0 Å². The molecule has 112 valence electrons. The third-order valence-corrected chi connectivity index (χ3v) is 3.70. The first-order valence-electron chi connectivity index (χ1n) is 5.87. The zero-order valence-electron chi connectivity index (χ0n) is 11.5. The number of carbonyl (C=O) groups is 1. The van der Waals surface area contributed by atoms with Crippen molar-refractivity contribution in [1.29, 1.82) is 0 Å². The lowest BCUT2D eigenvalue weighted by atomic mass is 10.1. The molecule has 0 spiro atoms. The van der Waals surface area contributed by atoms with Gasteiger partial charge in [0.2, 0.25) is 15.9 Å². The quantitative estimate of drug-likeness (QED) is 0.709. The minimum absolute atomic E-state index is 0.214. The molecule has 0 saturated carbocycles. The molecule has 0 unspecified atom stereocenters. The lowest BCUT2D eigenvalue weighted by Gasteiger charge is -2.20. The van der Waals surface area contributed by atoms with Gasteiger partial charge in [0, 0.05) is 5.54 Å². The van der Waals surface area contributed by atoms with E-state index in [0.717, 1.165) is 6.07 Å². The van der Waals surface area contributed by atoms with Crippen LogP contribution in [0.2, 0.25) is 0 Å². The number of carbonyl (C=O) groups excluding carboxylic acids is 1. The zero-order chi connectivity index (χ0) is 15.6. The molecule has 0 bridgehead atoms. The number of hydrogen-bond acceptors (Lipinski definition) is 4. The molecule has 1 amide bonds. The molecule has 0 saturated heterocycles. The average Bonchev–Trinajstić information content (AvgIpc) is 2.23. The number of halogens is 1.